The lowest BCUT2D eigenvalue weighted by molar-refractivity contribution is 0.0951. The second-order valence-electron chi connectivity index (χ2n) is 11.5. The van der Waals surface area contributed by atoms with Gasteiger partial charge in [0.2, 0.25) is 0 Å². The highest BCUT2D eigenvalue weighted by molar-refractivity contribution is 6.21. The van der Waals surface area contributed by atoms with Crippen LogP contribution in [0.1, 0.15) is 38.2 Å². The molecule has 1 amide bonds. The molecule has 7 aromatic rings. The monoisotopic (exact) mass is 644 g/mol. The van der Waals surface area contributed by atoms with Gasteiger partial charge in [-0.1, -0.05) is 79.4 Å². The van der Waals surface area contributed by atoms with Gasteiger partial charge in [0, 0.05) is 41.0 Å². The molecule has 0 atom stereocenters. The number of nitrogens with zero attached hydrogens (tertiary/aromatic N) is 3. The van der Waals surface area contributed by atoms with Crippen molar-refractivity contribution in [3.8, 4) is 11.6 Å². The van der Waals surface area contributed by atoms with Crippen LogP contribution in [0.25, 0.3) is 29.2 Å². The number of nitrogens with one attached hydrogen (secondary N) is 3. The summed E-state index contributed by atoms with van der Waals surface area (Å²) in [6, 6.07) is 35.8. The number of pyridine rings is 1. The van der Waals surface area contributed by atoms with Crippen LogP contribution in [-0.4, -0.2) is 36.2 Å². The molecule has 0 saturated heterocycles. The molecule has 240 valence electrons. The Morgan fingerprint density at radius 3 is 2.31 bits per heavy atom. The third-order valence-corrected chi connectivity index (χ3v) is 8.23. The Morgan fingerprint density at radius 1 is 0.857 bits per heavy atom. The van der Waals surface area contributed by atoms with E-state index in [1.165, 1.54) is 4.57 Å². The third kappa shape index (κ3) is 6.59. The van der Waals surface area contributed by atoms with E-state index in [1.807, 2.05) is 97.1 Å². The number of benzene rings is 4. The Morgan fingerprint density at radius 2 is 1.57 bits per heavy atom. The number of H-pyrrole nitrogens is 2. The largest absolute Gasteiger partial charge is 0.494 e. The standard InChI is InChI=1S/C40H32N6O3/c1-26-44-35(22-27-18-20-41-21-19-27)40(49)46(26)32-15-12-29(13-16-32)24-42-37(30-10-6-3-7-11-30)36-33-23-31(14-17-34(33)45-39(36)48)38(47)43-25-28-8-4-2-5-9-28/h2-23,44-45,48H,1,24-25H2,(H,43,47)/b35-22-,42-37?. The fourth-order valence-corrected chi connectivity index (χ4v) is 5.78. The molecule has 4 aromatic carbocycles. The lowest BCUT2D eigenvalue weighted by Gasteiger charge is -2.10. The van der Waals surface area contributed by atoms with Gasteiger partial charge < -0.3 is 20.4 Å². The minimum absolute atomic E-state index is 0.0380. The Labute approximate surface area is 281 Å². The van der Waals surface area contributed by atoms with E-state index >= 15 is 0 Å². The van der Waals surface area contributed by atoms with Crippen molar-refractivity contribution in [1.29, 1.82) is 0 Å². The number of aliphatic imine (C=N–C) groups is 1. The molecular formula is C40H32N6O3. The number of carbonyl (C=O) groups excluding carboxylic acids is 1. The van der Waals surface area contributed by atoms with Crippen LogP contribution in [0, 0.1) is 0 Å². The number of aromatic hydroxyl groups is 1. The molecule has 4 N–H and O–H groups in total. The molecule has 0 aliphatic carbocycles. The van der Waals surface area contributed by atoms with Crippen LogP contribution in [0.15, 0.2) is 137 Å². The van der Waals surface area contributed by atoms with Crippen LogP contribution in [0.2, 0.25) is 0 Å². The van der Waals surface area contributed by atoms with Gasteiger partial charge in [0.25, 0.3) is 11.5 Å². The van der Waals surface area contributed by atoms with E-state index in [2.05, 4.69) is 26.8 Å². The molecule has 0 unspecified atom stereocenters. The third-order valence-electron chi connectivity index (χ3n) is 8.23. The first-order valence-corrected chi connectivity index (χ1v) is 15.7. The number of aromatic amines is 2. The van der Waals surface area contributed by atoms with E-state index in [-0.39, 0.29) is 17.3 Å². The first kappa shape index (κ1) is 30.9. The number of hydrogen-bond donors (Lipinski definition) is 4. The van der Waals surface area contributed by atoms with E-state index in [0.717, 1.165) is 22.3 Å². The van der Waals surface area contributed by atoms with E-state index < -0.39 is 0 Å². The van der Waals surface area contributed by atoms with Gasteiger partial charge in [-0.05, 0) is 65.2 Å². The molecule has 0 bridgehead atoms. The zero-order valence-corrected chi connectivity index (χ0v) is 26.4. The van der Waals surface area contributed by atoms with Crippen LogP contribution >= 0.6 is 0 Å². The summed E-state index contributed by atoms with van der Waals surface area (Å²) in [6.07, 6.45) is 5.11. The number of imidazole rings is 1. The fourth-order valence-electron chi connectivity index (χ4n) is 5.78. The summed E-state index contributed by atoms with van der Waals surface area (Å²) in [6.45, 7) is 4.74. The van der Waals surface area contributed by atoms with Crippen molar-refractivity contribution in [1.82, 2.24) is 24.8 Å². The van der Waals surface area contributed by atoms with Crippen molar-refractivity contribution < 1.29 is 9.90 Å². The smallest absolute Gasteiger partial charge is 0.280 e. The number of carbonyl (C=O) groups is 1. The number of aromatic nitrogens is 4. The summed E-state index contributed by atoms with van der Waals surface area (Å²) in [5, 5.41) is 15.2. The van der Waals surface area contributed by atoms with E-state index in [4.69, 9.17) is 4.99 Å². The van der Waals surface area contributed by atoms with Crippen molar-refractivity contribution in [2.45, 2.75) is 13.1 Å². The summed E-state index contributed by atoms with van der Waals surface area (Å²) in [5.41, 5.74) is 6.73. The molecule has 7 rings (SSSR count). The SMILES string of the molecule is C=c1[nH]/c(=C\c2ccncc2)c(=O)n1-c1ccc(CN=C(c2ccccc2)c2c(O)[nH]c3ccc(C(=O)NCc4ccccc4)cc23)cc1. The average molecular weight is 645 g/mol. The highest BCUT2D eigenvalue weighted by Gasteiger charge is 2.20. The van der Waals surface area contributed by atoms with Gasteiger partial charge in [0.1, 0.15) is 10.8 Å². The van der Waals surface area contributed by atoms with Crippen molar-refractivity contribution in [2.24, 2.45) is 4.99 Å². The van der Waals surface area contributed by atoms with Crippen LogP contribution in [0.3, 0.4) is 0 Å². The number of fused-ring (bicyclic) bond motifs is 1. The first-order chi connectivity index (χ1) is 23.9. The molecule has 0 spiro atoms. The molecular weight excluding hydrogens is 612 g/mol. The molecule has 3 heterocycles. The van der Waals surface area contributed by atoms with Crippen molar-refractivity contribution >= 4 is 35.2 Å². The second-order valence-corrected chi connectivity index (χ2v) is 11.5. The maximum atomic E-state index is 13.3. The van der Waals surface area contributed by atoms with Gasteiger partial charge in [0.15, 0.2) is 5.88 Å². The van der Waals surface area contributed by atoms with E-state index in [0.29, 0.717) is 57.3 Å². The van der Waals surface area contributed by atoms with Gasteiger partial charge >= 0.3 is 0 Å². The highest BCUT2D eigenvalue weighted by atomic mass is 16.3. The van der Waals surface area contributed by atoms with Crippen molar-refractivity contribution in [3.05, 3.63) is 182 Å². The van der Waals surface area contributed by atoms with Gasteiger partial charge in [-0.25, -0.2) is 0 Å². The molecule has 0 fully saturated rings. The quantitative estimate of drug-likeness (QED) is 0.166. The Kier molecular flexibility index (Phi) is 8.54. The minimum atomic E-state index is -0.218. The molecule has 0 aliphatic rings. The second kappa shape index (κ2) is 13.5. The maximum absolute atomic E-state index is 13.3. The summed E-state index contributed by atoms with van der Waals surface area (Å²) in [7, 11) is 0. The Bertz CT molecular complexity index is 2460. The van der Waals surface area contributed by atoms with Gasteiger partial charge in [0.05, 0.1) is 23.5 Å². The van der Waals surface area contributed by atoms with Crippen LogP contribution in [-0.2, 0) is 13.1 Å². The Balaban J connectivity index is 1.19. The van der Waals surface area contributed by atoms with Gasteiger partial charge in [-0.15, -0.1) is 0 Å². The highest BCUT2D eigenvalue weighted by Crippen LogP contribution is 2.31. The molecule has 0 aliphatic heterocycles. The predicted molar refractivity (Wildman–Crippen MR) is 192 cm³/mol. The summed E-state index contributed by atoms with van der Waals surface area (Å²) in [4.78, 5) is 41.6. The molecule has 3 aromatic heterocycles. The summed E-state index contributed by atoms with van der Waals surface area (Å²) < 4.78 is 1.53. The van der Waals surface area contributed by atoms with E-state index in [9.17, 15) is 14.7 Å². The fraction of sp³-hybridized carbons (Fsp3) is 0.0500. The van der Waals surface area contributed by atoms with Crippen molar-refractivity contribution in [3.63, 3.8) is 0 Å². The van der Waals surface area contributed by atoms with Gasteiger partial charge in [-0.2, -0.15) is 0 Å². The first-order valence-electron chi connectivity index (χ1n) is 15.7. The number of hydrogen-bond acceptors (Lipinski definition) is 5. The van der Waals surface area contributed by atoms with Crippen LogP contribution in [0.4, 0.5) is 0 Å². The molecule has 9 nitrogen and oxygen atoms in total. The average Bonchev–Trinajstić information content (AvgIpc) is 3.61. The zero-order chi connectivity index (χ0) is 33.7. The lowest BCUT2D eigenvalue weighted by atomic mass is 9.99. The lowest BCUT2D eigenvalue weighted by Crippen LogP contribution is -2.29. The van der Waals surface area contributed by atoms with Gasteiger partial charge in [-0.3, -0.25) is 24.1 Å². The van der Waals surface area contributed by atoms with Crippen LogP contribution in [0.5, 0.6) is 5.88 Å². The van der Waals surface area contributed by atoms with Crippen LogP contribution < -0.4 is 21.7 Å². The number of amides is 1. The molecule has 9 heteroatoms. The maximum Gasteiger partial charge on any atom is 0.280 e. The minimum Gasteiger partial charge on any atom is -0.494 e. The Hall–Kier alpha value is -6.74. The normalized spacial score (nSPS) is 12.0. The number of rotatable bonds is 9. The van der Waals surface area contributed by atoms with E-state index in [1.54, 1.807) is 36.7 Å². The zero-order valence-electron chi connectivity index (χ0n) is 26.4. The summed E-state index contributed by atoms with van der Waals surface area (Å²) >= 11 is 0. The predicted octanol–water partition coefficient (Wildman–Crippen LogP) is 4.95. The molecule has 0 saturated carbocycles. The topological polar surface area (TPSA) is 128 Å². The van der Waals surface area contributed by atoms with Crippen molar-refractivity contribution in [2.75, 3.05) is 0 Å². The molecule has 0 radical (unpaired) electrons. The summed E-state index contributed by atoms with van der Waals surface area (Å²) in [5.74, 6) is -0.256. The molecule has 49 heavy (non-hydrogen) atoms.